The zero-order valence-electron chi connectivity index (χ0n) is 11.7. The van der Waals surface area contributed by atoms with Crippen molar-refractivity contribution in [3.8, 4) is 6.07 Å². The minimum absolute atomic E-state index is 0.284. The van der Waals surface area contributed by atoms with Crippen LogP contribution >= 0.6 is 0 Å². The molecule has 112 valence electrons. The standard InChI is InChI=1S/C15H13N3O3S/c1-22(20,21)18-14-5-3-2-4-13(14)17-15(19)12-8-6-11(10-16)7-9-12/h2-9,18H,1H3,(H,17,19). The summed E-state index contributed by atoms with van der Waals surface area (Å²) in [6.45, 7) is 0. The monoisotopic (exact) mass is 315 g/mol. The van der Waals surface area contributed by atoms with Crippen LogP contribution in [0.25, 0.3) is 0 Å². The Bertz CT molecular complexity index is 837. The zero-order valence-corrected chi connectivity index (χ0v) is 12.5. The van der Waals surface area contributed by atoms with Gasteiger partial charge in [0, 0.05) is 5.56 Å². The van der Waals surface area contributed by atoms with E-state index in [0.29, 0.717) is 16.8 Å². The van der Waals surface area contributed by atoms with Crippen LogP contribution in [0.15, 0.2) is 48.5 Å². The topological polar surface area (TPSA) is 99.1 Å². The fraction of sp³-hybridized carbons (Fsp3) is 0.0667. The Labute approximate surface area is 128 Å². The van der Waals surface area contributed by atoms with Crippen molar-refractivity contribution in [3.63, 3.8) is 0 Å². The van der Waals surface area contributed by atoms with E-state index in [-0.39, 0.29) is 5.69 Å². The molecule has 0 saturated carbocycles. The van der Waals surface area contributed by atoms with E-state index in [9.17, 15) is 13.2 Å². The molecular weight excluding hydrogens is 302 g/mol. The van der Waals surface area contributed by atoms with Crippen LogP contribution in [-0.2, 0) is 10.0 Å². The van der Waals surface area contributed by atoms with Gasteiger partial charge in [-0.25, -0.2) is 8.42 Å². The quantitative estimate of drug-likeness (QED) is 0.903. The SMILES string of the molecule is CS(=O)(=O)Nc1ccccc1NC(=O)c1ccc(C#N)cc1. The van der Waals surface area contributed by atoms with Crippen LogP contribution in [-0.4, -0.2) is 20.6 Å². The summed E-state index contributed by atoms with van der Waals surface area (Å²) in [6, 6.07) is 14.6. The number of anilines is 2. The summed E-state index contributed by atoms with van der Waals surface area (Å²) >= 11 is 0. The van der Waals surface area contributed by atoms with Gasteiger partial charge in [0.25, 0.3) is 5.91 Å². The van der Waals surface area contributed by atoms with Gasteiger partial charge in [-0.1, -0.05) is 12.1 Å². The van der Waals surface area contributed by atoms with Crippen LogP contribution < -0.4 is 10.0 Å². The largest absolute Gasteiger partial charge is 0.320 e. The number of hydrogen-bond acceptors (Lipinski definition) is 4. The molecule has 1 amide bonds. The molecule has 0 unspecified atom stereocenters. The van der Waals surface area contributed by atoms with E-state index < -0.39 is 15.9 Å². The number of para-hydroxylation sites is 2. The average Bonchev–Trinajstić information content (AvgIpc) is 2.48. The van der Waals surface area contributed by atoms with Crippen LogP contribution in [0.5, 0.6) is 0 Å². The number of carbonyl (C=O) groups is 1. The molecule has 0 aliphatic heterocycles. The summed E-state index contributed by atoms with van der Waals surface area (Å²) in [5, 5.41) is 11.4. The molecule has 2 rings (SSSR count). The first-order chi connectivity index (χ1) is 10.4. The van der Waals surface area contributed by atoms with Gasteiger partial charge in [0.2, 0.25) is 10.0 Å². The molecule has 0 radical (unpaired) electrons. The van der Waals surface area contributed by atoms with E-state index in [1.165, 1.54) is 24.3 Å². The fourth-order valence-electron chi connectivity index (χ4n) is 1.77. The first kappa shape index (κ1) is 15.5. The third-order valence-corrected chi connectivity index (χ3v) is 3.34. The lowest BCUT2D eigenvalue weighted by molar-refractivity contribution is 0.102. The number of sulfonamides is 1. The smallest absolute Gasteiger partial charge is 0.255 e. The molecule has 22 heavy (non-hydrogen) atoms. The van der Waals surface area contributed by atoms with Crippen LogP contribution in [0.2, 0.25) is 0 Å². The molecule has 2 N–H and O–H groups in total. The lowest BCUT2D eigenvalue weighted by Crippen LogP contribution is -2.16. The highest BCUT2D eigenvalue weighted by Gasteiger charge is 2.11. The predicted molar refractivity (Wildman–Crippen MR) is 84.0 cm³/mol. The van der Waals surface area contributed by atoms with E-state index >= 15 is 0 Å². The van der Waals surface area contributed by atoms with E-state index in [1.807, 2.05) is 6.07 Å². The Morgan fingerprint density at radius 1 is 1.05 bits per heavy atom. The van der Waals surface area contributed by atoms with Gasteiger partial charge in [0.15, 0.2) is 0 Å². The van der Waals surface area contributed by atoms with Gasteiger partial charge in [-0.3, -0.25) is 9.52 Å². The third-order valence-electron chi connectivity index (χ3n) is 2.75. The van der Waals surface area contributed by atoms with Crippen molar-refractivity contribution in [1.29, 1.82) is 5.26 Å². The normalized spacial score (nSPS) is 10.5. The number of benzene rings is 2. The first-order valence-corrected chi connectivity index (χ1v) is 8.16. The molecule has 2 aromatic carbocycles. The number of carbonyl (C=O) groups excluding carboxylic acids is 1. The molecule has 0 aromatic heterocycles. The van der Waals surface area contributed by atoms with Crippen molar-refractivity contribution in [2.45, 2.75) is 0 Å². The van der Waals surface area contributed by atoms with Crippen LogP contribution in [0.1, 0.15) is 15.9 Å². The maximum Gasteiger partial charge on any atom is 0.255 e. The lowest BCUT2D eigenvalue weighted by atomic mass is 10.1. The van der Waals surface area contributed by atoms with Crippen LogP contribution in [0.3, 0.4) is 0 Å². The average molecular weight is 315 g/mol. The molecule has 0 aliphatic carbocycles. The molecule has 2 aromatic rings. The summed E-state index contributed by atoms with van der Waals surface area (Å²) in [6.07, 6.45) is 1.03. The van der Waals surface area contributed by atoms with Crippen molar-refractivity contribution >= 4 is 27.3 Å². The molecule has 6 nitrogen and oxygen atoms in total. The van der Waals surface area contributed by atoms with Crippen molar-refractivity contribution in [1.82, 2.24) is 0 Å². The lowest BCUT2D eigenvalue weighted by Gasteiger charge is -2.11. The highest BCUT2D eigenvalue weighted by molar-refractivity contribution is 7.92. The van der Waals surface area contributed by atoms with Crippen molar-refractivity contribution < 1.29 is 13.2 Å². The minimum Gasteiger partial charge on any atom is -0.320 e. The number of nitrogens with zero attached hydrogens (tertiary/aromatic N) is 1. The van der Waals surface area contributed by atoms with Gasteiger partial charge in [0.05, 0.1) is 29.3 Å². The second-order valence-corrected chi connectivity index (χ2v) is 6.31. The van der Waals surface area contributed by atoms with Crippen molar-refractivity contribution in [3.05, 3.63) is 59.7 Å². The first-order valence-electron chi connectivity index (χ1n) is 6.27. The van der Waals surface area contributed by atoms with Gasteiger partial charge in [-0.15, -0.1) is 0 Å². The Balaban J connectivity index is 2.23. The minimum atomic E-state index is -3.45. The number of nitriles is 1. The number of amides is 1. The number of nitrogens with one attached hydrogen (secondary N) is 2. The predicted octanol–water partition coefficient (Wildman–Crippen LogP) is 2.18. The maximum absolute atomic E-state index is 12.2. The Hall–Kier alpha value is -2.85. The van der Waals surface area contributed by atoms with Gasteiger partial charge >= 0.3 is 0 Å². The highest BCUT2D eigenvalue weighted by Crippen LogP contribution is 2.22. The maximum atomic E-state index is 12.2. The third kappa shape index (κ3) is 4.07. The summed E-state index contributed by atoms with van der Waals surface area (Å²) in [5.74, 6) is -0.396. The Morgan fingerprint density at radius 2 is 1.64 bits per heavy atom. The summed E-state index contributed by atoms with van der Waals surface area (Å²) in [4.78, 5) is 12.2. The van der Waals surface area contributed by atoms with Crippen molar-refractivity contribution in [2.75, 3.05) is 16.3 Å². The second kappa shape index (κ2) is 6.28. The highest BCUT2D eigenvalue weighted by atomic mass is 32.2. The van der Waals surface area contributed by atoms with E-state index in [4.69, 9.17) is 5.26 Å². The molecule has 0 heterocycles. The van der Waals surface area contributed by atoms with E-state index in [2.05, 4.69) is 10.0 Å². The fourth-order valence-corrected chi connectivity index (χ4v) is 2.35. The van der Waals surface area contributed by atoms with E-state index in [0.717, 1.165) is 6.26 Å². The molecule has 0 saturated heterocycles. The zero-order chi connectivity index (χ0) is 16.2. The molecule has 0 fully saturated rings. The number of hydrogen-bond donors (Lipinski definition) is 2. The van der Waals surface area contributed by atoms with Gasteiger partial charge < -0.3 is 5.32 Å². The molecule has 0 aliphatic rings. The van der Waals surface area contributed by atoms with Crippen LogP contribution in [0, 0.1) is 11.3 Å². The van der Waals surface area contributed by atoms with E-state index in [1.54, 1.807) is 24.3 Å². The van der Waals surface area contributed by atoms with Crippen molar-refractivity contribution in [2.24, 2.45) is 0 Å². The second-order valence-electron chi connectivity index (χ2n) is 4.56. The summed E-state index contributed by atoms with van der Waals surface area (Å²) in [7, 11) is -3.45. The Morgan fingerprint density at radius 3 is 2.18 bits per heavy atom. The molecule has 0 bridgehead atoms. The molecular formula is C15H13N3O3S. The van der Waals surface area contributed by atoms with Gasteiger partial charge in [-0.2, -0.15) is 5.26 Å². The molecule has 0 spiro atoms. The summed E-state index contributed by atoms with van der Waals surface area (Å²) in [5.41, 5.74) is 1.46. The summed E-state index contributed by atoms with van der Waals surface area (Å²) < 4.78 is 25.0. The van der Waals surface area contributed by atoms with Gasteiger partial charge in [-0.05, 0) is 36.4 Å². The number of rotatable bonds is 4. The van der Waals surface area contributed by atoms with Gasteiger partial charge in [0.1, 0.15) is 0 Å². The van der Waals surface area contributed by atoms with Crippen LogP contribution in [0.4, 0.5) is 11.4 Å². The molecule has 7 heteroatoms. The molecule has 0 atom stereocenters. The Kier molecular flexibility index (Phi) is 4.44.